The van der Waals surface area contributed by atoms with Crippen LogP contribution in [0.5, 0.6) is 0 Å². The Morgan fingerprint density at radius 3 is 2.15 bits per heavy atom. The van der Waals surface area contributed by atoms with Crippen LogP contribution in [0.1, 0.15) is 5.56 Å². The molecule has 0 bridgehead atoms. The molecule has 0 aromatic heterocycles. The van der Waals surface area contributed by atoms with Gasteiger partial charge >= 0.3 is 0 Å². The third-order valence-corrected chi connectivity index (χ3v) is 1.54. The summed E-state index contributed by atoms with van der Waals surface area (Å²) >= 11 is 5.18. The Balaban J connectivity index is 2.86. The molecule has 5 heteroatoms. The zero-order chi connectivity index (χ0) is 9.84. The molecule has 72 valence electrons. The van der Waals surface area contributed by atoms with Crippen molar-refractivity contribution >= 4 is 11.6 Å². The molecule has 0 atom stereocenters. The number of hydrogen-bond donors (Lipinski definition) is 0. The van der Waals surface area contributed by atoms with Gasteiger partial charge in [0, 0.05) is 0 Å². The zero-order valence-electron chi connectivity index (χ0n) is 6.49. The van der Waals surface area contributed by atoms with Gasteiger partial charge in [0.05, 0.1) is 6.61 Å². The van der Waals surface area contributed by atoms with Gasteiger partial charge in [0.15, 0.2) is 17.5 Å². The van der Waals surface area contributed by atoms with Gasteiger partial charge in [-0.25, -0.2) is 13.2 Å². The zero-order valence-corrected chi connectivity index (χ0v) is 7.24. The van der Waals surface area contributed by atoms with Crippen molar-refractivity contribution < 1.29 is 17.9 Å². The molecule has 0 heterocycles. The van der Waals surface area contributed by atoms with Crippen molar-refractivity contribution in [2.24, 2.45) is 0 Å². The van der Waals surface area contributed by atoms with Crippen molar-refractivity contribution in [1.82, 2.24) is 0 Å². The van der Waals surface area contributed by atoms with Crippen LogP contribution in [0, 0.1) is 17.5 Å². The quantitative estimate of drug-likeness (QED) is 0.551. The highest BCUT2D eigenvalue weighted by molar-refractivity contribution is 6.17. The summed E-state index contributed by atoms with van der Waals surface area (Å²) in [6.07, 6.45) is 0. The van der Waals surface area contributed by atoms with Crippen molar-refractivity contribution in [1.29, 1.82) is 0 Å². The maximum absolute atomic E-state index is 12.6. The van der Waals surface area contributed by atoms with E-state index in [0.29, 0.717) is 0 Å². The molecule has 0 spiro atoms. The molecule has 0 radical (unpaired) electrons. The van der Waals surface area contributed by atoms with E-state index >= 15 is 0 Å². The van der Waals surface area contributed by atoms with E-state index in [1.807, 2.05) is 0 Å². The lowest BCUT2D eigenvalue weighted by molar-refractivity contribution is 0.164. The van der Waals surface area contributed by atoms with E-state index < -0.39 is 17.5 Å². The Bertz CT molecular complexity index is 280. The lowest BCUT2D eigenvalue weighted by atomic mass is 10.2. The molecule has 1 aromatic carbocycles. The van der Waals surface area contributed by atoms with Crippen LogP contribution in [-0.4, -0.2) is 6.07 Å². The highest BCUT2D eigenvalue weighted by atomic mass is 35.5. The summed E-state index contributed by atoms with van der Waals surface area (Å²) < 4.78 is 42.2. The Morgan fingerprint density at radius 2 is 1.69 bits per heavy atom. The minimum atomic E-state index is -1.48. The molecule has 0 saturated heterocycles. The molecule has 0 N–H and O–H groups in total. The highest BCUT2D eigenvalue weighted by Crippen LogP contribution is 2.14. The predicted molar refractivity (Wildman–Crippen MR) is 41.8 cm³/mol. The molecule has 0 unspecified atom stereocenters. The third-order valence-electron chi connectivity index (χ3n) is 1.39. The summed E-state index contributed by atoms with van der Waals surface area (Å²) in [5.74, 6) is -3.93. The van der Waals surface area contributed by atoms with Gasteiger partial charge in [0.25, 0.3) is 0 Å². The van der Waals surface area contributed by atoms with Crippen LogP contribution in [-0.2, 0) is 11.3 Å². The highest BCUT2D eigenvalue weighted by Gasteiger charge is 2.09. The second kappa shape index (κ2) is 4.48. The van der Waals surface area contributed by atoms with E-state index in [9.17, 15) is 13.2 Å². The fourth-order valence-corrected chi connectivity index (χ4v) is 0.925. The molecule has 13 heavy (non-hydrogen) atoms. The number of ether oxygens (including phenoxy) is 1. The standard InChI is InChI=1S/C8H6ClF3O/c9-4-13-3-5-1-6(10)8(12)7(11)2-5/h1-2H,3-4H2. The first-order chi connectivity index (χ1) is 6.15. The average molecular weight is 211 g/mol. The monoisotopic (exact) mass is 210 g/mol. The Hall–Kier alpha value is -0.740. The number of hydrogen-bond acceptors (Lipinski definition) is 1. The third kappa shape index (κ3) is 2.60. The van der Waals surface area contributed by atoms with E-state index in [1.165, 1.54) is 0 Å². The largest absolute Gasteiger partial charge is 0.361 e. The van der Waals surface area contributed by atoms with E-state index in [2.05, 4.69) is 4.74 Å². The summed E-state index contributed by atoms with van der Waals surface area (Å²) in [7, 11) is 0. The number of benzene rings is 1. The van der Waals surface area contributed by atoms with Crippen molar-refractivity contribution in [2.45, 2.75) is 6.61 Å². The van der Waals surface area contributed by atoms with Crippen LogP contribution < -0.4 is 0 Å². The van der Waals surface area contributed by atoms with Crippen LogP contribution in [0.15, 0.2) is 12.1 Å². The van der Waals surface area contributed by atoms with Gasteiger partial charge in [-0.15, -0.1) is 0 Å². The second-order valence-corrected chi connectivity index (χ2v) is 2.55. The molecule has 1 aromatic rings. The molecule has 0 fully saturated rings. The van der Waals surface area contributed by atoms with E-state index in [1.54, 1.807) is 0 Å². The first kappa shape index (κ1) is 10.3. The molecule has 0 aliphatic rings. The van der Waals surface area contributed by atoms with Crippen LogP contribution in [0.25, 0.3) is 0 Å². The second-order valence-electron chi connectivity index (χ2n) is 2.33. The van der Waals surface area contributed by atoms with Crippen molar-refractivity contribution in [3.05, 3.63) is 35.1 Å². The molecule has 1 nitrogen and oxygen atoms in total. The smallest absolute Gasteiger partial charge is 0.194 e. The van der Waals surface area contributed by atoms with Crippen molar-refractivity contribution in [2.75, 3.05) is 6.07 Å². The van der Waals surface area contributed by atoms with Crippen molar-refractivity contribution in [3.63, 3.8) is 0 Å². The van der Waals surface area contributed by atoms with Crippen LogP contribution >= 0.6 is 11.6 Å². The van der Waals surface area contributed by atoms with Crippen LogP contribution in [0.2, 0.25) is 0 Å². The fourth-order valence-electron chi connectivity index (χ4n) is 0.848. The maximum Gasteiger partial charge on any atom is 0.194 e. The Labute approximate surface area is 78.1 Å². The first-order valence-corrected chi connectivity index (χ1v) is 3.95. The fraction of sp³-hybridized carbons (Fsp3) is 0.250. The Kier molecular flexibility index (Phi) is 3.57. The Morgan fingerprint density at radius 1 is 1.15 bits per heavy atom. The van der Waals surface area contributed by atoms with Gasteiger partial charge < -0.3 is 4.74 Å². The first-order valence-electron chi connectivity index (χ1n) is 3.42. The lowest BCUT2D eigenvalue weighted by Crippen LogP contribution is -1.96. The predicted octanol–water partition coefficient (Wildman–Crippen LogP) is 2.82. The molecule has 0 saturated carbocycles. The summed E-state index contributed by atoms with van der Waals surface area (Å²) in [4.78, 5) is 0. The van der Waals surface area contributed by atoms with E-state index in [4.69, 9.17) is 11.6 Å². The van der Waals surface area contributed by atoms with Gasteiger partial charge in [-0.05, 0) is 17.7 Å². The lowest BCUT2D eigenvalue weighted by Gasteiger charge is -2.02. The number of alkyl halides is 1. The SMILES string of the molecule is Fc1cc(COCCl)cc(F)c1F. The number of halogens is 4. The topological polar surface area (TPSA) is 9.23 Å². The molecular weight excluding hydrogens is 205 g/mol. The summed E-state index contributed by atoms with van der Waals surface area (Å²) in [5, 5.41) is 0. The summed E-state index contributed by atoms with van der Waals surface area (Å²) in [5.41, 5.74) is 0.206. The summed E-state index contributed by atoms with van der Waals surface area (Å²) in [6.45, 7) is -0.0440. The van der Waals surface area contributed by atoms with Gasteiger partial charge in [-0.2, -0.15) is 0 Å². The van der Waals surface area contributed by atoms with Gasteiger partial charge in [-0.1, -0.05) is 11.6 Å². The normalized spacial score (nSPS) is 10.5. The molecule has 0 aliphatic carbocycles. The average Bonchev–Trinajstić information content (AvgIpc) is 2.10. The van der Waals surface area contributed by atoms with Gasteiger partial charge in [0.2, 0.25) is 0 Å². The summed E-state index contributed by atoms with van der Waals surface area (Å²) in [6, 6.07) is 1.65. The van der Waals surface area contributed by atoms with Gasteiger partial charge in [0.1, 0.15) is 6.07 Å². The van der Waals surface area contributed by atoms with E-state index in [-0.39, 0.29) is 18.2 Å². The minimum absolute atomic E-state index is 0.0440. The van der Waals surface area contributed by atoms with E-state index in [0.717, 1.165) is 12.1 Å². The molecular formula is C8H6ClF3O. The molecule has 0 aliphatic heterocycles. The molecule has 1 rings (SSSR count). The minimum Gasteiger partial charge on any atom is -0.361 e. The molecule has 0 amide bonds. The van der Waals surface area contributed by atoms with Crippen LogP contribution in [0.4, 0.5) is 13.2 Å². The van der Waals surface area contributed by atoms with Gasteiger partial charge in [-0.3, -0.25) is 0 Å². The van der Waals surface area contributed by atoms with Crippen molar-refractivity contribution in [3.8, 4) is 0 Å². The maximum atomic E-state index is 12.6. The van der Waals surface area contributed by atoms with Crippen LogP contribution in [0.3, 0.4) is 0 Å². The number of rotatable bonds is 3.